The Bertz CT molecular complexity index is 503. The van der Waals surface area contributed by atoms with E-state index in [1.54, 1.807) is 17.8 Å². The van der Waals surface area contributed by atoms with Gasteiger partial charge in [0.15, 0.2) is 0 Å². The van der Waals surface area contributed by atoms with Gasteiger partial charge in [-0.1, -0.05) is 25.4 Å². The summed E-state index contributed by atoms with van der Waals surface area (Å²) in [6.07, 6.45) is 2.24. The zero-order valence-corrected chi connectivity index (χ0v) is 10.8. The van der Waals surface area contributed by atoms with Crippen molar-refractivity contribution in [2.45, 2.75) is 25.9 Å². The van der Waals surface area contributed by atoms with E-state index in [-0.39, 0.29) is 5.92 Å². The summed E-state index contributed by atoms with van der Waals surface area (Å²) in [6.45, 7) is 4.04. The minimum absolute atomic E-state index is 0.199. The van der Waals surface area contributed by atoms with Crippen molar-refractivity contribution in [1.82, 2.24) is 9.78 Å². The molecule has 0 aliphatic heterocycles. The minimum Gasteiger partial charge on any atom is -0.472 e. The molecule has 92 valence electrons. The number of nitrogens with zero attached hydrogens (tertiary/aromatic N) is 2. The Hall–Kier alpha value is -1.26. The Morgan fingerprint density at radius 1 is 1.47 bits per heavy atom. The van der Waals surface area contributed by atoms with E-state index in [4.69, 9.17) is 16.0 Å². The lowest BCUT2D eigenvalue weighted by Gasteiger charge is -2.11. The second-order valence-electron chi connectivity index (χ2n) is 4.33. The molecule has 4 nitrogen and oxygen atoms in total. The Kier molecular flexibility index (Phi) is 3.26. The molecule has 2 aromatic heterocycles. The third kappa shape index (κ3) is 2.10. The molecule has 0 saturated heterocycles. The van der Waals surface area contributed by atoms with Crippen molar-refractivity contribution < 1.29 is 9.52 Å². The summed E-state index contributed by atoms with van der Waals surface area (Å²) in [5, 5.41) is 15.1. The average molecular weight is 255 g/mol. The van der Waals surface area contributed by atoms with E-state index in [0.717, 1.165) is 5.69 Å². The van der Waals surface area contributed by atoms with Crippen molar-refractivity contribution in [2.24, 2.45) is 7.05 Å². The van der Waals surface area contributed by atoms with Gasteiger partial charge < -0.3 is 9.52 Å². The van der Waals surface area contributed by atoms with Crippen LogP contribution in [0.3, 0.4) is 0 Å². The second-order valence-corrected chi connectivity index (χ2v) is 4.69. The second kappa shape index (κ2) is 4.55. The molecule has 2 rings (SSSR count). The van der Waals surface area contributed by atoms with Crippen molar-refractivity contribution in [3.63, 3.8) is 0 Å². The van der Waals surface area contributed by atoms with Crippen molar-refractivity contribution in [1.29, 1.82) is 0 Å². The molecule has 5 heteroatoms. The van der Waals surface area contributed by atoms with Gasteiger partial charge in [0.05, 0.1) is 18.2 Å². The third-order valence-corrected chi connectivity index (χ3v) is 3.17. The predicted molar refractivity (Wildman–Crippen MR) is 65.1 cm³/mol. The fourth-order valence-corrected chi connectivity index (χ4v) is 2.05. The standard InChI is InChI=1S/C12H15ClN2O2/c1-7(2)10-9(12(13)15(3)14-10)11(16)8-4-5-17-6-8/h4-7,11,16H,1-3H3. The smallest absolute Gasteiger partial charge is 0.133 e. The molecule has 0 fully saturated rings. The van der Waals surface area contributed by atoms with Crippen LogP contribution in [0, 0.1) is 0 Å². The molecular weight excluding hydrogens is 240 g/mol. The van der Waals surface area contributed by atoms with Crippen LogP contribution in [-0.4, -0.2) is 14.9 Å². The Morgan fingerprint density at radius 2 is 2.18 bits per heavy atom. The Morgan fingerprint density at radius 3 is 2.71 bits per heavy atom. The predicted octanol–water partition coefficient (Wildman–Crippen LogP) is 2.87. The fraction of sp³-hybridized carbons (Fsp3) is 0.417. The van der Waals surface area contributed by atoms with Gasteiger partial charge >= 0.3 is 0 Å². The van der Waals surface area contributed by atoms with Gasteiger partial charge in [-0.15, -0.1) is 0 Å². The Labute approximate surface area is 105 Å². The molecule has 1 unspecified atom stereocenters. The van der Waals surface area contributed by atoms with Gasteiger partial charge in [-0.25, -0.2) is 0 Å². The molecule has 0 saturated carbocycles. The third-order valence-electron chi connectivity index (χ3n) is 2.72. The first kappa shape index (κ1) is 12.2. The topological polar surface area (TPSA) is 51.2 Å². The number of aliphatic hydroxyl groups is 1. The van der Waals surface area contributed by atoms with E-state index in [0.29, 0.717) is 16.3 Å². The van der Waals surface area contributed by atoms with E-state index >= 15 is 0 Å². The van der Waals surface area contributed by atoms with Crippen molar-refractivity contribution >= 4 is 11.6 Å². The lowest BCUT2D eigenvalue weighted by atomic mass is 9.99. The van der Waals surface area contributed by atoms with Gasteiger partial charge in [0.1, 0.15) is 11.3 Å². The van der Waals surface area contributed by atoms with Gasteiger partial charge in [0.25, 0.3) is 0 Å². The number of rotatable bonds is 3. The molecular formula is C12H15ClN2O2. The van der Waals surface area contributed by atoms with Crippen LogP contribution in [0.25, 0.3) is 0 Å². The molecule has 2 heterocycles. The van der Waals surface area contributed by atoms with E-state index in [9.17, 15) is 5.11 Å². The summed E-state index contributed by atoms with van der Waals surface area (Å²) in [5.74, 6) is 0.199. The van der Waals surface area contributed by atoms with Gasteiger partial charge in [-0.2, -0.15) is 5.10 Å². The molecule has 17 heavy (non-hydrogen) atoms. The fourth-order valence-electron chi connectivity index (χ4n) is 1.82. The van der Waals surface area contributed by atoms with Crippen molar-refractivity contribution in [3.05, 3.63) is 40.6 Å². The average Bonchev–Trinajstić information content (AvgIpc) is 2.88. The molecule has 1 N–H and O–H groups in total. The Balaban J connectivity index is 2.50. The quantitative estimate of drug-likeness (QED) is 0.916. The molecule has 0 radical (unpaired) electrons. The van der Waals surface area contributed by atoms with Crippen LogP contribution in [0.5, 0.6) is 0 Å². The number of hydrogen-bond acceptors (Lipinski definition) is 3. The van der Waals surface area contributed by atoms with Crippen LogP contribution in [0.2, 0.25) is 5.15 Å². The maximum Gasteiger partial charge on any atom is 0.133 e. The molecule has 2 aromatic rings. The summed E-state index contributed by atoms with van der Waals surface area (Å²) in [5.41, 5.74) is 2.15. The first-order valence-electron chi connectivity index (χ1n) is 5.44. The zero-order valence-electron chi connectivity index (χ0n) is 10.0. The summed E-state index contributed by atoms with van der Waals surface area (Å²) >= 11 is 6.18. The zero-order chi connectivity index (χ0) is 12.6. The summed E-state index contributed by atoms with van der Waals surface area (Å²) < 4.78 is 6.55. The normalized spacial score (nSPS) is 13.3. The SMILES string of the molecule is CC(C)c1nn(C)c(Cl)c1C(O)c1ccoc1. The monoisotopic (exact) mass is 254 g/mol. The molecule has 0 amide bonds. The lowest BCUT2D eigenvalue weighted by Crippen LogP contribution is -2.03. The summed E-state index contributed by atoms with van der Waals surface area (Å²) in [4.78, 5) is 0. The largest absolute Gasteiger partial charge is 0.472 e. The first-order chi connectivity index (χ1) is 8.02. The number of hydrogen-bond donors (Lipinski definition) is 1. The van der Waals surface area contributed by atoms with E-state index in [1.165, 1.54) is 12.5 Å². The maximum absolute atomic E-state index is 10.3. The summed E-state index contributed by atoms with van der Waals surface area (Å²) in [6, 6.07) is 1.72. The first-order valence-corrected chi connectivity index (χ1v) is 5.82. The van der Waals surface area contributed by atoms with E-state index in [2.05, 4.69) is 5.10 Å². The number of aliphatic hydroxyl groups excluding tert-OH is 1. The van der Waals surface area contributed by atoms with Crippen molar-refractivity contribution in [3.8, 4) is 0 Å². The van der Waals surface area contributed by atoms with Gasteiger partial charge in [-0.3, -0.25) is 4.68 Å². The highest BCUT2D eigenvalue weighted by Crippen LogP contribution is 2.34. The molecule has 1 atom stereocenters. The maximum atomic E-state index is 10.3. The van der Waals surface area contributed by atoms with E-state index in [1.807, 2.05) is 13.8 Å². The molecule has 0 aliphatic carbocycles. The molecule has 0 bridgehead atoms. The minimum atomic E-state index is -0.799. The van der Waals surface area contributed by atoms with Crippen LogP contribution < -0.4 is 0 Å². The van der Waals surface area contributed by atoms with Crippen LogP contribution in [0.1, 0.15) is 42.7 Å². The number of halogens is 1. The number of aromatic nitrogens is 2. The number of aryl methyl sites for hydroxylation is 1. The lowest BCUT2D eigenvalue weighted by molar-refractivity contribution is 0.218. The van der Waals surface area contributed by atoms with Gasteiger partial charge in [0.2, 0.25) is 0 Å². The van der Waals surface area contributed by atoms with E-state index < -0.39 is 6.10 Å². The van der Waals surface area contributed by atoms with Crippen molar-refractivity contribution in [2.75, 3.05) is 0 Å². The summed E-state index contributed by atoms with van der Waals surface area (Å²) in [7, 11) is 1.76. The highest BCUT2D eigenvalue weighted by atomic mass is 35.5. The van der Waals surface area contributed by atoms with Crippen LogP contribution in [0.4, 0.5) is 0 Å². The van der Waals surface area contributed by atoms with Crippen LogP contribution in [-0.2, 0) is 7.05 Å². The highest BCUT2D eigenvalue weighted by molar-refractivity contribution is 6.30. The van der Waals surface area contributed by atoms with Crippen LogP contribution in [0.15, 0.2) is 23.0 Å². The molecule has 0 aromatic carbocycles. The van der Waals surface area contributed by atoms with Crippen LogP contribution >= 0.6 is 11.6 Å². The molecule has 0 aliphatic rings. The van der Waals surface area contributed by atoms with Gasteiger partial charge in [-0.05, 0) is 12.0 Å². The van der Waals surface area contributed by atoms with Gasteiger partial charge in [0, 0.05) is 18.2 Å². The highest BCUT2D eigenvalue weighted by Gasteiger charge is 2.25. The molecule has 0 spiro atoms. The number of furan rings is 1.